The van der Waals surface area contributed by atoms with Gasteiger partial charge in [-0.25, -0.2) is 0 Å². The van der Waals surface area contributed by atoms with Crippen LogP contribution in [0.15, 0.2) is 24.3 Å². The third-order valence-electron chi connectivity index (χ3n) is 3.15. The highest BCUT2D eigenvalue weighted by Crippen LogP contribution is 2.13. The minimum absolute atomic E-state index is 0. The summed E-state index contributed by atoms with van der Waals surface area (Å²) >= 11 is 0. The van der Waals surface area contributed by atoms with E-state index < -0.39 is 0 Å². The molecule has 5 nitrogen and oxygen atoms in total. The van der Waals surface area contributed by atoms with E-state index in [1.54, 1.807) is 31.4 Å². The van der Waals surface area contributed by atoms with Crippen molar-refractivity contribution in [2.75, 3.05) is 27.2 Å². The van der Waals surface area contributed by atoms with Crippen LogP contribution in [0.3, 0.4) is 0 Å². The molecule has 1 aromatic carbocycles. The number of ether oxygens (including phenoxy) is 1. The minimum Gasteiger partial charge on any atom is -0.497 e. The lowest BCUT2D eigenvalue weighted by Gasteiger charge is -2.05. The van der Waals surface area contributed by atoms with Crippen LogP contribution in [0.2, 0.25) is 0 Å². The van der Waals surface area contributed by atoms with Gasteiger partial charge in [-0.2, -0.15) is 0 Å². The molecule has 0 aromatic heterocycles. The second-order valence-corrected chi connectivity index (χ2v) is 4.81. The van der Waals surface area contributed by atoms with E-state index in [0.717, 1.165) is 18.7 Å². The molecule has 1 amide bonds. The lowest BCUT2D eigenvalue weighted by atomic mass is 10.1. The van der Waals surface area contributed by atoms with Gasteiger partial charge < -0.3 is 15.4 Å². The van der Waals surface area contributed by atoms with Crippen molar-refractivity contribution in [3.8, 4) is 5.75 Å². The van der Waals surface area contributed by atoms with E-state index in [1.807, 2.05) is 7.05 Å². The van der Waals surface area contributed by atoms with Crippen molar-refractivity contribution in [1.29, 1.82) is 0 Å². The summed E-state index contributed by atoms with van der Waals surface area (Å²) in [5.41, 5.74) is 0.658. The fourth-order valence-corrected chi connectivity index (χ4v) is 1.91. The summed E-state index contributed by atoms with van der Waals surface area (Å²) in [6.07, 6.45) is 2.26. The van der Waals surface area contributed by atoms with Crippen LogP contribution in [0, 0.1) is 0 Å². The Morgan fingerprint density at radius 2 is 1.73 bits per heavy atom. The molecule has 1 aromatic rings. The third-order valence-corrected chi connectivity index (χ3v) is 3.15. The zero-order valence-corrected chi connectivity index (χ0v) is 14.0. The summed E-state index contributed by atoms with van der Waals surface area (Å²) in [4.78, 5) is 23.5. The van der Waals surface area contributed by atoms with Crippen LogP contribution >= 0.6 is 12.4 Å². The molecule has 0 saturated heterocycles. The van der Waals surface area contributed by atoms with Crippen LogP contribution in [0.5, 0.6) is 5.75 Å². The predicted octanol–water partition coefficient (Wildman–Crippen LogP) is 2.20. The molecule has 0 fully saturated rings. The molecule has 0 aliphatic carbocycles. The number of Topliss-reactive ketones (excluding diaryl/α,β-unsaturated/α-hetero) is 1. The average molecular weight is 329 g/mol. The zero-order valence-electron chi connectivity index (χ0n) is 13.2. The van der Waals surface area contributed by atoms with Crippen molar-refractivity contribution in [2.45, 2.75) is 25.7 Å². The van der Waals surface area contributed by atoms with Gasteiger partial charge in [-0.15, -0.1) is 12.4 Å². The van der Waals surface area contributed by atoms with Crippen molar-refractivity contribution in [3.05, 3.63) is 29.8 Å². The molecule has 0 bridgehead atoms. The number of hydrogen-bond acceptors (Lipinski definition) is 4. The van der Waals surface area contributed by atoms with Crippen molar-refractivity contribution < 1.29 is 14.3 Å². The largest absolute Gasteiger partial charge is 0.497 e. The molecule has 0 radical (unpaired) electrons. The minimum atomic E-state index is 0. The van der Waals surface area contributed by atoms with Crippen LogP contribution in [0.25, 0.3) is 0 Å². The first-order valence-electron chi connectivity index (χ1n) is 7.26. The highest BCUT2D eigenvalue weighted by Gasteiger charge is 2.07. The van der Waals surface area contributed by atoms with Crippen molar-refractivity contribution in [3.63, 3.8) is 0 Å². The molecule has 0 heterocycles. The highest BCUT2D eigenvalue weighted by atomic mass is 35.5. The summed E-state index contributed by atoms with van der Waals surface area (Å²) in [7, 11) is 3.47. The van der Waals surface area contributed by atoms with Gasteiger partial charge in [0.15, 0.2) is 5.78 Å². The molecular formula is C16H25ClN2O3. The van der Waals surface area contributed by atoms with E-state index in [-0.39, 0.29) is 24.1 Å². The topological polar surface area (TPSA) is 67.4 Å². The monoisotopic (exact) mass is 328 g/mol. The standard InChI is InChI=1S/C16H24N2O3.ClH/c1-17-11-4-12-18-16(20)6-3-5-15(19)13-7-9-14(21-2)10-8-13;/h7-10,17H,3-6,11-12H2,1-2H3,(H,18,20);1H. The number of methoxy groups -OCH3 is 1. The first-order chi connectivity index (χ1) is 10.2. The van der Waals surface area contributed by atoms with Crippen LogP contribution in [0.1, 0.15) is 36.0 Å². The number of nitrogens with one attached hydrogen (secondary N) is 2. The van der Waals surface area contributed by atoms with Crippen molar-refractivity contribution in [2.24, 2.45) is 0 Å². The van der Waals surface area contributed by atoms with Crippen LogP contribution < -0.4 is 15.4 Å². The van der Waals surface area contributed by atoms with Gasteiger partial charge in [0.1, 0.15) is 5.75 Å². The van der Waals surface area contributed by atoms with Crippen LogP contribution in [0.4, 0.5) is 0 Å². The van der Waals surface area contributed by atoms with E-state index in [0.29, 0.717) is 31.4 Å². The maximum atomic E-state index is 11.9. The Morgan fingerprint density at radius 3 is 2.32 bits per heavy atom. The highest BCUT2D eigenvalue weighted by molar-refractivity contribution is 5.96. The molecular weight excluding hydrogens is 304 g/mol. The molecule has 0 unspecified atom stereocenters. The Morgan fingerprint density at radius 1 is 1.05 bits per heavy atom. The number of benzene rings is 1. The maximum absolute atomic E-state index is 11.9. The number of carbonyl (C=O) groups is 2. The average Bonchev–Trinajstić information content (AvgIpc) is 2.51. The van der Waals surface area contributed by atoms with Gasteiger partial charge in [0.2, 0.25) is 5.91 Å². The smallest absolute Gasteiger partial charge is 0.220 e. The zero-order chi connectivity index (χ0) is 15.5. The van der Waals surface area contributed by atoms with Gasteiger partial charge in [-0.1, -0.05) is 0 Å². The second-order valence-electron chi connectivity index (χ2n) is 4.81. The van der Waals surface area contributed by atoms with Gasteiger partial charge in [-0.3, -0.25) is 9.59 Å². The maximum Gasteiger partial charge on any atom is 0.220 e. The number of rotatable bonds is 10. The quantitative estimate of drug-likeness (QED) is 0.510. The molecule has 124 valence electrons. The number of amides is 1. The Hall–Kier alpha value is -1.59. The van der Waals surface area contributed by atoms with E-state index in [2.05, 4.69) is 10.6 Å². The molecule has 2 N–H and O–H groups in total. The first kappa shape index (κ1) is 20.4. The van der Waals surface area contributed by atoms with E-state index in [4.69, 9.17) is 4.74 Å². The number of ketones is 1. The summed E-state index contributed by atoms with van der Waals surface area (Å²) in [5.74, 6) is 0.793. The normalized spacial score (nSPS) is 9.73. The van der Waals surface area contributed by atoms with E-state index >= 15 is 0 Å². The van der Waals surface area contributed by atoms with E-state index in [1.165, 1.54) is 0 Å². The number of hydrogen-bond donors (Lipinski definition) is 2. The fraction of sp³-hybridized carbons (Fsp3) is 0.500. The van der Waals surface area contributed by atoms with Crippen LogP contribution in [-0.2, 0) is 4.79 Å². The summed E-state index contributed by atoms with van der Waals surface area (Å²) in [5, 5.41) is 5.86. The Bertz CT molecular complexity index is 449. The summed E-state index contributed by atoms with van der Waals surface area (Å²) < 4.78 is 5.05. The van der Waals surface area contributed by atoms with Crippen LogP contribution in [-0.4, -0.2) is 38.9 Å². The molecule has 1 rings (SSSR count). The molecule has 0 atom stereocenters. The molecule has 22 heavy (non-hydrogen) atoms. The number of halogens is 1. The fourth-order valence-electron chi connectivity index (χ4n) is 1.91. The van der Waals surface area contributed by atoms with E-state index in [9.17, 15) is 9.59 Å². The van der Waals surface area contributed by atoms with Gasteiger partial charge in [-0.05, 0) is 50.7 Å². The Labute approximate surface area is 138 Å². The Balaban J connectivity index is 0.00000441. The first-order valence-corrected chi connectivity index (χ1v) is 7.26. The SMILES string of the molecule is CNCCCNC(=O)CCCC(=O)c1ccc(OC)cc1.Cl. The molecule has 0 spiro atoms. The summed E-state index contributed by atoms with van der Waals surface area (Å²) in [6, 6.07) is 7.03. The number of carbonyl (C=O) groups excluding carboxylic acids is 2. The van der Waals surface area contributed by atoms with Gasteiger partial charge in [0.05, 0.1) is 7.11 Å². The Kier molecular flexibility index (Phi) is 11.1. The lowest BCUT2D eigenvalue weighted by molar-refractivity contribution is -0.121. The lowest BCUT2D eigenvalue weighted by Crippen LogP contribution is -2.26. The van der Waals surface area contributed by atoms with Gasteiger partial charge >= 0.3 is 0 Å². The molecule has 0 aliphatic rings. The van der Waals surface area contributed by atoms with Gasteiger partial charge in [0, 0.05) is 24.9 Å². The van der Waals surface area contributed by atoms with Gasteiger partial charge in [0.25, 0.3) is 0 Å². The van der Waals surface area contributed by atoms with Crippen molar-refractivity contribution in [1.82, 2.24) is 10.6 Å². The molecule has 0 saturated carbocycles. The predicted molar refractivity (Wildman–Crippen MR) is 90.0 cm³/mol. The second kappa shape index (κ2) is 12.0. The molecule has 0 aliphatic heterocycles. The van der Waals surface area contributed by atoms with Crippen molar-refractivity contribution >= 4 is 24.1 Å². The summed E-state index contributed by atoms with van der Waals surface area (Å²) in [6.45, 7) is 1.56. The third kappa shape index (κ3) is 8.00. The molecule has 6 heteroatoms.